The summed E-state index contributed by atoms with van der Waals surface area (Å²) in [7, 11) is 0. The third-order valence-corrected chi connectivity index (χ3v) is 3.05. The highest BCUT2D eigenvalue weighted by molar-refractivity contribution is 6.00. The molecule has 0 radical (unpaired) electrons. The van der Waals surface area contributed by atoms with Crippen LogP contribution in [0.5, 0.6) is 5.75 Å². The van der Waals surface area contributed by atoms with E-state index in [4.69, 9.17) is 9.94 Å². The first-order valence-corrected chi connectivity index (χ1v) is 6.52. The molecule has 0 bridgehead atoms. The van der Waals surface area contributed by atoms with Gasteiger partial charge in [0.25, 0.3) is 0 Å². The van der Waals surface area contributed by atoms with E-state index in [0.717, 1.165) is 11.6 Å². The van der Waals surface area contributed by atoms with Gasteiger partial charge in [0.1, 0.15) is 24.0 Å². The van der Waals surface area contributed by atoms with Crippen molar-refractivity contribution in [1.82, 2.24) is 0 Å². The van der Waals surface area contributed by atoms with Gasteiger partial charge >= 0.3 is 0 Å². The number of hydrogen-bond donors (Lipinski definition) is 1. The Morgan fingerprint density at radius 3 is 2.43 bits per heavy atom. The lowest BCUT2D eigenvalue weighted by atomic mass is 10.1. The molecule has 0 atom stereocenters. The van der Waals surface area contributed by atoms with Crippen LogP contribution in [-0.2, 0) is 6.61 Å². The van der Waals surface area contributed by atoms with Gasteiger partial charge in [-0.1, -0.05) is 12.1 Å². The normalized spacial score (nSPS) is 11.5. The first kappa shape index (κ1) is 15.0. The SMILES string of the molecule is CCC(=NO)c1ccc(OCc2ccc(F)cc2F)cc1. The Morgan fingerprint density at radius 2 is 1.86 bits per heavy atom. The van der Waals surface area contributed by atoms with Crippen molar-refractivity contribution in [1.29, 1.82) is 0 Å². The second kappa shape index (κ2) is 6.83. The molecule has 0 aliphatic carbocycles. The molecule has 2 rings (SSSR count). The van der Waals surface area contributed by atoms with Crippen molar-refractivity contribution in [2.75, 3.05) is 0 Å². The summed E-state index contributed by atoms with van der Waals surface area (Å²) in [4.78, 5) is 0. The Balaban J connectivity index is 2.04. The summed E-state index contributed by atoms with van der Waals surface area (Å²) in [5.74, 6) is -0.695. The van der Waals surface area contributed by atoms with E-state index >= 15 is 0 Å². The largest absolute Gasteiger partial charge is 0.489 e. The topological polar surface area (TPSA) is 41.8 Å². The van der Waals surface area contributed by atoms with Gasteiger partial charge in [-0.25, -0.2) is 8.78 Å². The summed E-state index contributed by atoms with van der Waals surface area (Å²) in [5, 5.41) is 12.0. The Hall–Kier alpha value is -2.43. The molecular weight excluding hydrogens is 276 g/mol. The standard InChI is InChI=1S/C16H15F2NO2/c1-2-16(19-20)11-4-7-14(8-5-11)21-10-12-3-6-13(17)9-15(12)18/h3-9,20H,2,10H2,1H3. The number of hydrogen-bond acceptors (Lipinski definition) is 3. The second-order valence-electron chi connectivity index (χ2n) is 4.45. The van der Waals surface area contributed by atoms with Crippen LogP contribution in [-0.4, -0.2) is 10.9 Å². The zero-order chi connectivity index (χ0) is 15.2. The first-order valence-electron chi connectivity index (χ1n) is 6.52. The highest BCUT2D eigenvalue weighted by Gasteiger charge is 2.06. The predicted molar refractivity (Wildman–Crippen MR) is 75.7 cm³/mol. The molecule has 110 valence electrons. The number of ether oxygens (including phenoxy) is 1. The molecule has 0 spiro atoms. The van der Waals surface area contributed by atoms with E-state index in [2.05, 4.69) is 5.16 Å². The van der Waals surface area contributed by atoms with E-state index in [1.54, 1.807) is 24.3 Å². The molecule has 0 fully saturated rings. The smallest absolute Gasteiger partial charge is 0.132 e. The molecule has 0 aliphatic heterocycles. The van der Waals surface area contributed by atoms with Crippen molar-refractivity contribution in [3.8, 4) is 5.75 Å². The van der Waals surface area contributed by atoms with Crippen molar-refractivity contribution in [3.63, 3.8) is 0 Å². The third kappa shape index (κ3) is 3.78. The van der Waals surface area contributed by atoms with Crippen LogP contribution in [0.3, 0.4) is 0 Å². The zero-order valence-electron chi connectivity index (χ0n) is 11.5. The van der Waals surface area contributed by atoms with Crippen LogP contribution >= 0.6 is 0 Å². The molecule has 5 heteroatoms. The van der Waals surface area contributed by atoms with E-state index in [0.29, 0.717) is 17.9 Å². The Kier molecular flexibility index (Phi) is 4.87. The van der Waals surface area contributed by atoms with Crippen LogP contribution in [0.15, 0.2) is 47.6 Å². The fourth-order valence-electron chi connectivity index (χ4n) is 1.88. The predicted octanol–water partition coefficient (Wildman–Crippen LogP) is 4.13. The lowest BCUT2D eigenvalue weighted by Crippen LogP contribution is -2.01. The van der Waals surface area contributed by atoms with E-state index < -0.39 is 11.6 Å². The summed E-state index contributed by atoms with van der Waals surface area (Å²) >= 11 is 0. The summed E-state index contributed by atoms with van der Waals surface area (Å²) in [5.41, 5.74) is 1.65. The summed E-state index contributed by atoms with van der Waals surface area (Å²) in [6, 6.07) is 10.3. The molecule has 21 heavy (non-hydrogen) atoms. The Morgan fingerprint density at radius 1 is 1.14 bits per heavy atom. The molecule has 0 unspecified atom stereocenters. The van der Waals surface area contributed by atoms with Crippen LogP contribution in [0.25, 0.3) is 0 Å². The van der Waals surface area contributed by atoms with Gasteiger partial charge in [0.2, 0.25) is 0 Å². The fraction of sp³-hybridized carbons (Fsp3) is 0.188. The highest BCUT2D eigenvalue weighted by atomic mass is 19.1. The highest BCUT2D eigenvalue weighted by Crippen LogP contribution is 2.17. The molecule has 0 aliphatic rings. The van der Waals surface area contributed by atoms with Gasteiger partial charge in [0.05, 0.1) is 5.71 Å². The van der Waals surface area contributed by atoms with E-state index in [1.807, 2.05) is 6.92 Å². The average Bonchev–Trinajstić information content (AvgIpc) is 2.49. The Bertz CT molecular complexity index is 639. The lowest BCUT2D eigenvalue weighted by Gasteiger charge is -2.08. The summed E-state index contributed by atoms with van der Waals surface area (Å²) < 4.78 is 31.7. The number of rotatable bonds is 5. The number of nitrogens with zero attached hydrogens (tertiary/aromatic N) is 1. The monoisotopic (exact) mass is 291 g/mol. The van der Waals surface area contributed by atoms with Gasteiger partial charge in [-0.2, -0.15) is 0 Å². The van der Waals surface area contributed by atoms with Gasteiger partial charge in [-0.05, 0) is 48.4 Å². The summed E-state index contributed by atoms with van der Waals surface area (Å²) in [6.07, 6.45) is 0.609. The van der Waals surface area contributed by atoms with Gasteiger partial charge in [-0.3, -0.25) is 0 Å². The Labute approximate surface area is 121 Å². The van der Waals surface area contributed by atoms with E-state index in [9.17, 15) is 8.78 Å². The molecule has 0 amide bonds. The van der Waals surface area contributed by atoms with Crippen molar-refractivity contribution >= 4 is 5.71 Å². The van der Waals surface area contributed by atoms with Gasteiger partial charge < -0.3 is 9.94 Å². The zero-order valence-corrected chi connectivity index (χ0v) is 11.5. The van der Waals surface area contributed by atoms with Crippen LogP contribution < -0.4 is 4.74 Å². The maximum atomic E-state index is 13.5. The fourth-order valence-corrected chi connectivity index (χ4v) is 1.88. The molecule has 3 nitrogen and oxygen atoms in total. The maximum Gasteiger partial charge on any atom is 0.132 e. The van der Waals surface area contributed by atoms with Crippen LogP contribution in [0.4, 0.5) is 8.78 Å². The maximum absolute atomic E-state index is 13.5. The third-order valence-electron chi connectivity index (χ3n) is 3.05. The molecule has 2 aromatic carbocycles. The lowest BCUT2D eigenvalue weighted by molar-refractivity contribution is 0.299. The minimum atomic E-state index is -0.632. The minimum Gasteiger partial charge on any atom is -0.489 e. The van der Waals surface area contributed by atoms with Crippen molar-refractivity contribution < 1.29 is 18.7 Å². The molecule has 1 N–H and O–H groups in total. The summed E-state index contributed by atoms with van der Waals surface area (Å²) in [6.45, 7) is 1.90. The molecule has 0 aromatic heterocycles. The van der Waals surface area contributed by atoms with Crippen molar-refractivity contribution in [3.05, 3.63) is 65.2 Å². The number of halogens is 2. The number of oxime groups is 1. The molecule has 0 heterocycles. The average molecular weight is 291 g/mol. The molecule has 0 saturated carbocycles. The van der Waals surface area contributed by atoms with Gasteiger partial charge in [0.15, 0.2) is 0 Å². The number of benzene rings is 2. The van der Waals surface area contributed by atoms with E-state index in [-0.39, 0.29) is 12.2 Å². The second-order valence-corrected chi connectivity index (χ2v) is 4.45. The van der Waals surface area contributed by atoms with Gasteiger partial charge in [-0.15, -0.1) is 0 Å². The molecular formula is C16H15F2NO2. The quantitative estimate of drug-likeness (QED) is 0.511. The molecule has 2 aromatic rings. The van der Waals surface area contributed by atoms with Gasteiger partial charge in [0, 0.05) is 11.6 Å². The minimum absolute atomic E-state index is 0.0141. The van der Waals surface area contributed by atoms with Crippen LogP contribution in [0, 0.1) is 11.6 Å². The van der Waals surface area contributed by atoms with Crippen molar-refractivity contribution in [2.24, 2.45) is 5.16 Å². The van der Waals surface area contributed by atoms with E-state index in [1.165, 1.54) is 12.1 Å². The van der Waals surface area contributed by atoms with Crippen LogP contribution in [0.2, 0.25) is 0 Å². The van der Waals surface area contributed by atoms with Crippen LogP contribution in [0.1, 0.15) is 24.5 Å². The van der Waals surface area contributed by atoms with Crippen molar-refractivity contribution in [2.45, 2.75) is 20.0 Å². The molecule has 0 saturated heterocycles. The first-order chi connectivity index (χ1) is 10.1.